The van der Waals surface area contributed by atoms with Crippen molar-refractivity contribution in [3.05, 3.63) is 12.2 Å². The van der Waals surface area contributed by atoms with Gasteiger partial charge in [0.2, 0.25) is 5.91 Å². The minimum Gasteiger partial charge on any atom is -0.466 e. The Balaban J connectivity index is 3.28. The highest BCUT2D eigenvalue weighted by molar-refractivity contribution is 5.76. The molecule has 6 heteroatoms. The number of ether oxygens (including phenoxy) is 1. The molecule has 0 saturated carbocycles. The van der Waals surface area contributed by atoms with Crippen LogP contribution in [0, 0.1) is 0 Å². The van der Waals surface area contributed by atoms with Gasteiger partial charge in [0, 0.05) is 12.8 Å². The lowest BCUT2D eigenvalue weighted by molar-refractivity contribution is -0.143. The van der Waals surface area contributed by atoms with Crippen LogP contribution in [-0.4, -0.2) is 47.4 Å². The first-order chi connectivity index (χ1) is 35.5. The highest BCUT2D eigenvalue weighted by atomic mass is 16.5. The molecule has 0 spiro atoms. The number of hydrogen-bond acceptors (Lipinski definition) is 5. The number of amides is 1. The average molecular weight is 1020 g/mol. The van der Waals surface area contributed by atoms with E-state index in [-0.39, 0.29) is 18.5 Å². The number of aliphatic hydroxyl groups excluding tert-OH is 2. The van der Waals surface area contributed by atoms with Gasteiger partial charge in [-0.25, -0.2) is 0 Å². The van der Waals surface area contributed by atoms with Crippen molar-refractivity contribution >= 4 is 11.9 Å². The summed E-state index contributed by atoms with van der Waals surface area (Å²) < 4.78 is 5.48. The van der Waals surface area contributed by atoms with E-state index in [4.69, 9.17) is 4.74 Å². The number of unbranched alkanes of at least 4 members (excludes halogenated alkanes) is 49. The molecule has 0 aromatic rings. The van der Waals surface area contributed by atoms with E-state index < -0.39 is 12.1 Å². The maximum absolute atomic E-state index is 12.4. The molecule has 1 amide bonds. The minimum absolute atomic E-state index is 0.0128. The zero-order valence-electron chi connectivity index (χ0n) is 48.9. The summed E-state index contributed by atoms with van der Waals surface area (Å²) in [5.41, 5.74) is 0. The van der Waals surface area contributed by atoms with Crippen LogP contribution in [0.2, 0.25) is 0 Å². The molecule has 0 aliphatic carbocycles. The lowest BCUT2D eigenvalue weighted by Crippen LogP contribution is -2.45. The van der Waals surface area contributed by atoms with E-state index in [0.717, 1.165) is 44.9 Å². The third kappa shape index (κ3) is 57.9. The summed E-state index contributed by atoms with van der Waals surface area (Å²) in [4.78, 5) is 24.5. The van der Waals surface area contributed by atoms with E-state index in [1.54, 1.807) is 0 Å². The van der Waals surface area contributed by atoms with Gasteiger partial charge in [-0.1, -0.05) is 321 Å². The minimum atomic E-state index is -0.657. The van der Waals surface area contributed by atoms with E-state index in [9.17, 15) is 19.8 Å². The predicted octanol–water partition coefficient (Wildman–Crippen LogP) is 20.8. The van der Waals surface area contributed by atoms with Gasteiger partial charge < -0.3 is 20.3 Å². The topological polar surface area (TPSA) is 95.9 Å². The SMILES string of the molecule is CCCCCC/C=C\CCCCCCCC(=O)OCCCCCCCCCCCCCCCCCCCCCCCCCCCCCCCCCCCC(=O)NC(CO)C(O)CCCCCCCCCCC. The number of aliphatic hydroxyl groups is 2. The van der Waals surface area contributed by atoms with Gasteiger partial charge in [0.05, 0.1) is 25.4 Å². The molecule has 0 bridgehead atoms. The molecule has 0 saturated heterocycles. The fourth-order valence-electron chi connectivity index (χ4n) is 10.5. The van der Waals surface area contributed by atoms with Crippen LogP contribution < -0.4 is 5.32 Å². The Bertz CT molecular complexity index is 1080. The van der Waals surface area contributed by atoms with Crippen LogP contribution in [-0.2, 0) is 14.3 Å². The molecule has 2 atom stereocenters. The quantitative estimate of drug-likeness (QED) is 0.0320. The molecule has 0 aromatic carbocycles. The first-order valence-corrected chi connectivity index (χ1v) is 32.9. The number of carbonyl (C=O) groups excluding carboxylic acids is 2. The standard InChI is InChI=1S/C66H129NO5/c1-3-5-7-9-11-13-14-36-40-44-48-52-56-60-66(71)72-61-57-53-49-45-41-38-35-33-31-29-27-25-23-21-19-17-15-16-18-20-22-24-26-28-30-32-34-37-39-43-47-51-55-59-65(70)67-63(62-68)64(69)58-54-50-46-42-12-10-8-6-4-2/h13-14,63-64,68-69H,3-12,15-62H2,1-2H3,(H,67,70)/b14-13-. The fourth-order valence-corrected chi connectivity index (χ4v) is 10.5. The van der Waals surface area contributed by atoms with Crippen LogP contribution in [0.5, 0.6) is 0 Å². The smallest absolute Gasteiger partial charge is 0.305 e. The second kappa shape index (κ2) is 62.1. The Morgan fingerprint density at radius 3 is 1.00 bits per heavy atom. The first-order valence-electron chi connectivity index (χ1n) is 32.9. The van der Waals surface area contributed by atoms with E-state index in [2.05, 4.69) is 31.3 Å². The molecule has 428 valence electrons. The number of esters is 1. The molecule has 2 unspecified atom stereocenters. The maximum atomic E-state index is 12.4. The molecule has 72 heavy (non-hydrogen) atoms. The van der Waals surface area contributed by atoms with Gasteiger partial charge in [-0.05, 0) is 51.4 Å². The highest BCUT2D eigenvalue weighted by Gasteiger charge is 2.20. The highest BCUT2D eigenvalue weighted by Crippen LogP contribution is 2.19. The van der Waals surface area contributed by atoms with E-state index in [1.807, 2.05) is 0 Å². The molecule has 0 rings (SSSR count). The summed E-state index contributed by atoms with van der Waals surface area (Å²) in [6, 6.07) is -0.534. The zero-order valence-corrected chi connectivity index (χ0v) is 48.9. The van der Waals surface area contributed by atoms with Gasteiger partial charge in [-0.3, -0.25) is 9.59 Å². The van der Waals surface area contributed by atoms with Gasteiger partial charge in [0.15, 0.2) is 0 Å². The summed E-state index contributed by atoms with van der Waals surface area (Å²) in [6.07, 6.45) is 75.5. The van der Waals surface area contributed by atoms with Crippen LogP contribution in [0.15, 0.2) is 12.2 Å². The van der Waals surface area contributed by atoms with Crippen LogP contribution in [0.25, 0.3) is 0 Å². The lowest BCUT2D eigenvalue weighted by atomic mass is 10.0. The Labute approximate surface area is 450 Å². The van der Waals surface area contributed by atoms with Crippen molar-refractivity contribution in [1.29, 1.82) is 0 Å². The van der Waals surface area contributed by atoms with Crippen molar-refractivity contribution in [2.75, 3.05) is 13.2 Å². The number of hydrogen-bond donors (Lipinski definition) is 3. The molecule has 0 aliphatic rings. The van der Waals surface area contributed by atoms with Crippen LogP contribution >= 0.6 is 0 Å². The van der Waals surface area contributed by atoms with Crippen molar-refractivity contribution in [2.45, 2.75) is 386 Å². The number of rotatable bonds is 62. The number of allylic oxidation sites excluding steroid dienone is 2. The van der Waals surface area contributed by atoms with Crippen molar-refractivity contribution in [3.63, 3.8) is 0 Å². The van der Waals surface area contributed by atoms with Gasteiger partial charge >= 0.3 is 5.97 Å². The number of nitrogens with one attached hydrogen (secondary N) is 1. The molecule has 0 heterocycles. The van der Waals surface area contributed by atoms with Gasteiger partial charge in [-0.2, -0.15) is 0 Å². The molecule has 3 N–H and O–H groups in total. The van der Waals surface area contributed by atoms with Crippen molar-refractivity contribution in [2.24, 2.45) is 0 Å². The summed E-state index contributed by atoms with van der Waals surface area (Å²) in [5.74, 6) is -0.0180. The Morgan fingerprint density at radius 1 is 0.375 bits per heavy atom. The lowest BCUT2D eigenvalue weighted by Gasteiger charge is -2.22. The second-order valence-electron chi connectivity index (χ2n) is 22.8. The van der Waals surface area contributed by atoms with Gasteiger partial charge in [0.1, 0.15) is 0 Å². The molecule has 0 aliphatic heterocycles. The third-order valence-corrected chi connectivity index (χ3v) is 15.6. The van der Waals surface area contributed by atoms with Crippen LogP contribution in [0.1, 0.15) is 373 Å². The van der Waals surface area contributed by atoms with Crippen molar-refractivity contribution < 1.29 is 24.5 Å². The van der Waals surface area contributed by atoms with Crippen molar-refractivity contribution in [3.8, 4) is 0 Å². The van der Waals surface area contributed by atoms with Crippen molar-refractivity contribution in [1.82, 2.24) is 5.32 Å². The fraction of sp³-hybridized carbons (Fsp3) is 0.939. The summed E-state index contributed by atoms with van der Waals surface area (Å²) in [5, 5.41) is 23.1. The number of carbonyl (C=O) groups is 2. The summed E-state index contributed by atoms with van der Waals surface area (Å²) in [7, 11) is 0. The van der Waals surface area contributed by atoms with Gasteiger partial charge in [0.25, 0.3) is 0 Å². The molecule has 6 nitrogen and oxygen atoms in total. The van der Waals surface area contributed by atoms with Gasteiger partial charge in [-0.15, -0.1) is 0 Å². The van der Waals surface area contributed by atoms with Crippen LogP contribution in [0.4, 0.5) is 0 Å². The van der Waals surface area contributed by atoms with E-state index in [0.29, 0.717) is 25.9 Å². The Morgan fingerprint density at radius 2 is 0.653 bits per heavy atom. The third-order valence-electron chi connectivity index (χ3n) is 15.6. The average Bonchev–Trinajstić information content (AvgIpc) is 3.38. The predicted molar refractivity (Wildman–Crippen MR) is 315 cm³/mol. The largest absolute Gasteiger partial charge is 0.466 e. The molecular weight excluding hydrogens is 887 g/mol. The molecular formula is C66H129NO5. The van der Waals surface area contributed by atoms with E-state index >= 15 is 0 Å². The van der Waals surface area contributed by atoms with E-state index in [1.165, 1.54) is 295 Å². The summed E-state index contributed by atoms with van der Waals surface area (Å²) in [6.45, 7) is 4.94. The monoisotopic (exact) mass is 1020 g/mol. The summed E-state index contributed by atoms with van der Waals surface area (Å²) >= 11 is 0. The van der Waals surface area contributed by atoms with Crippen LogP contribution in [0.3, 0.4) is 0 Å². The maximum Gasteiger partial charge on any atom is 0.305 e. The molecule has 0 fully saturated rings. The Kier molecular flexibility index (Phi) is 60.9. The zero-order chi connectivity index (χ0) is 52.2. The second-order valence-corrected chi connectivity index (χ2v) is 22.8. The normalized spacial score (nSPS) is 12.6. The molecule has 0 aromatic heterocycles. The first kappa shape index (κ1) is 70.6. The Hall–Kier alpha value is -1.40. The molecule has 0 radical (unpaired) electrons.